The van der Waals surface area contributed by atoms with Gasteiger partial charge in [-0.2, -0.15) is 0 Å². The summed E-state index contributed by atoms with van der Waals surface area (Å²) in [6.45, 7) is 4.45. The van der Waals surface area contributed by atoms with Gasteiger partial charge in [0.2, 0.25) is 10.0 Å². The number of sulfonamides is 1. The Hall–Kier alpha value is -0.820. The van der Waals surface area contributed by atoms with E-state index < -0.39 is 15.9 Å². The number of primary sulfonamides is 1. The molecule has 0 aliphatic carbocycles. The van der Waals surface area contributed by atoms with Crippen molar-refractivity contribution in [3.05, 3.63) is 27.7 Å². The Kier molecular flexibility index (Phi) is 5.82. The minimum atomic E-state index is -3.96. The van der Waals surface area contributed by atoms with E-state index in [1.165, 1.54) is 0 Å². The highest BCUT2D eigenvalue weighted by Crippen LogP contribution is 2.29. The lowest BCUT2D eigenvalue weighted by molar-refractivity contribution is 0.0948. The summed E-state index contributed by atoms with van der Waals surface area (Å²) in [4.78, 5) is 11.8. The number of carbonyl (C=O) groups is 1. The molecule has 0 heterocycles. The Bertz CT molecular complexity index is 617. The third kappa shape index (κ3) is 4.34. The van der Waals surface area contributed by atoms with Gasteiger partial charge in [-0.05, 0) is 18.1 Å². The van der Waals surface area contributed by atoms with Crippen LogP contribution < -0.4 is 10.5 Å². The molecule has 0 bridgehead atoms. The molecule has 5 nitrogen and oxygen atoms in total. The largest absolute Gasteiger partial charge is 0.352 e. The standard InChI is InChI=1S/C12H16Cl2N2O3S/c1-3-7(2)6-16-12(17)9-4-8(20(15,18)19)5-10(13)11(9)14/h4-5,7H,3,6H2,1-2H3,(H,16,17)(H2,15,18,19). The lowest BCUT2D eigenvalue weighted by Gasteiger charge is -2.12. The molecule has 0 aromatic heterocycles. The van der Waals surface area contributed by atoms with Crippen molar-refractivity contribution in [2.45, 2.75) is 25.2 Å². The third-order valence-electron chi connectivity index (χ3n) is 2.88. The fourth-order valence-electron chi connectivity index (χ4n) is 1.40. The minimum absolute atomic E-state index is 0.000665. The third-order valence-corrected chi connectivity index (χ3v) is 4.58. The number of benzene rings is 1. The van der Waals surface area contributed by atoms with Crippen LogP contribution in [0, 0.1) is 5.92 Å². The number of nitrogens with one attached hydrogen (secondary N) is 1. The zero-order valence-corrected chi connectivity index (χ0v) is 13.4. The van der Waals surface area contributed by atoms with Crippen molar-refractivity contribution >= 4 is 39.1 Å². The fraction of sp³-hybridized carbons (Fsp3) is 0.417. The predicted octanol–water partition coefficient (Wildman–Crippen LogP) is 2.42. The van der Waals surface area contributed by atoms with Crippen molar-refractivity contribution in [1.82, 2.24) is 5.32 Å². The van der Waals surface area contributed by atoms with Crippen LogP contribution in [0.15, 0.2) is 17.0 Å². The lowest BCUT2D eigenvalue weighted by atomic mass is 10.1. The molecule has 1 rings (SSSR count). The molecule has 0 radical (unpaired) electrons. The van der Waals surface area contributed by atoms with Crippen LogP contribution in [0.3, 0.4) is 0 Å². The number of rotatable bonds is 5. The number of halogens is 2. The maximum atomic E-state index is 12.0. The average Bonchev–Trinajstić information content (AvgIpc) is 2.37. The van der Waals surface area contributed by atoms with Crippen LogP contribution in [0.4, 0.5) is 0 Å². The number of nitrogens with two attached hydrogens (primary N) is 1. The van der Waals surface area contributed by atoms with Crippen LogP contribution in [0.2, 0.25) is 10.0 Å². The van der Waals surface area contributed by atoms with Gasteiger partial charge in [-0.15, -0.1) is 0 Å². The predicted molar refractivity (Wildman–Crippen MR) is 79.6 cm³/mol. The van der Waals surface area contributed by atoms with E-state index in [2.05, 4.69) is 5.32 Å². The highest BCUT2D eigenvalue weighted by atomic mass is 35.5. The van der Waals surface area contributed by atoms with Crippen molar-refractivity contribution in [2.75, 3.05) is 6.54 Å². The normalized spacial score (nSPS) is 13.1. The molecule has 0 aliphatic heterocycles. The molecule has 0 aliphatic rings. The number of hydrogen-bond acceptors (Lipinski definition) is 3. The van der Waals surface area contributed by atoms with Crippen LogP contribution in [0.1, 0.15) is 30.6 Å². The zero-order valence-electron chi connectivity index (χ0n) is 11.1. The summed E-state index contributed by atoms with van der Waals surface area (Å²) < 4.78 is 22.7. The number of carbonyl (C=O) groups excluding carboxylic acids is 1. The van der Waals surface area contributed by atoms with Crippen LogP contribution in [-0.2, 0) is 10.0 Å². The Morgan fingerprint density at radius 3 is 2.50 bits per heavy atom. The Morgan fingerprint density at radius 1 is 1.40 bits per heavy atom. The molecular weight excluding hydrogens is 323 g/mol. The second kappa shape index (κ2) is 6.76. The van der Waals surface area contributed by atoms with Gasteiger partial charge in [0.1, 0.15) is 0 Å². The molecule has 1 amide bonds. The Morgan fingerprint density at radius 2 is 2.00 bits per heavy atom. The fourth-order valence-corrected chi connectivity index (χ4v) is 2.44. The molecule has 1 aromatic carbocycles. The molecule has 0 saturated carbocycles. The summed E-state index contributed by atoms with van der Waals surface area (Å²) in [5.74, 6) is -0.183. The minimum Gasteiger partial charge on any atom is -0.352 e. The monoisotopic (exact) mass is 338 g/mol. The summed E-state index contributed by atoms with van der Waals surface area (Å²) in [6.07, 6.45) is 0.909. The maximum absolute atomic E-state index is 12.0. The molecule has 1 aromatic rings. The molecule has 3 N–H and O–H groups in total. The van der Waals surface area contributed by atoms with Crippen molar-refractivity contribution in [2.24, 2.45) is 11.1 Å². The van der Waals surface area contributed by atoms with E-state index in [4.69, 9.17) is 28.3 Å². The number of hydrogen-bond donors (Lipinski definition) is 2. The average molecular weight is 339 g/mol. The van der Waals surface area contributed by atoms with Gasteiger partial charge in [-0.3, -0.25) is 4.79 Å². The van der Waals surface area contributed by atoms with E-state index >= 15 is 0 Å². The summed E-state index contributed by atoms with van der Waals surface area (Å²) in [5.41, 5.74) is -0.00788. The molecular formula is C12H16Cl2N2O3S. The molecule has 0 saturated heterocycles. The van der Waals surface area contributed by atoms with Gasteiger partial charge in [0.25, 0.3) is 5.91 Å². The summed E-state index contributed by atoms with van der Waals surface area (Å²) in [6, 6.07) is 2.24. The molecule has 0 fully saturated rings. The van der Waals surface area contributed by atoms with Crippen molar-refractivity contribution in [3.8, 4) is 0 Å². The Labute approximate surface area is 128 Å². The second-order valence-electron chi connectivity index (χ2n) is 4.54. The van der Waals surface area contributed by atoms with Gasteiger partial charge in [-0.1, -0.05) is 43.5 Å². The van der Waals surface area contributed by atoms with Crippen molar-refractivity contribution in [3.63, 3.8) is 0 Å². The van der Waals surface area contributed by atoms with E-state index in [0.29, 0.717) is 12.5 Å². The van der Waals surface area contributed by atoms with Gasteiger partial charge >= 0.3 is 0 Å². The van der Waals surface area contributed by atoms with E-state index in [9.17, 15) is 13.2 Å². The van der Waals surface area contributed by atoms with Gasteiger partial charge in [0, 0.05) is 6.54 Å². The highest BCUT2D eigenvalue weighted by molar-refractivity contribution is 7.89. The van der Waals surface area contributed by atoms with Crippen LogP contribution in [-0.4, -0.2) is 20.9 Å². The number of amides is 1. The van der Waals surface area contributed by atoms with Crippen molar-refractivity contribution < 1.29 is 13.2 Å². The van der Waals surface area contributed by atoms with Crippen LogP contribution in [0.25, 0.3) is 0 Å². The lowest BCUT2D eigenvalue weighted by Crippen LogP contribution is -2.28. The van der Waals surface area contributed by atoms with E-state index in [1.807, 2.05) is 13.8 Å². The first-order chi connectivity index (χ1) is 9.16. The van der Waals surface area contributed by atoms with Gasteiger partial charge in [0.15, 0.2) is 0 Å². The first-order valence-corrected chi connectivity index (χ1v) is 8.27. The second-order valence-corrected chi connectivity index (χ2v) is 6.88. The first-order valence-electron chi connectivity index (χ1n) is 5.96. The van der Waals surface area contributed by atoms with E-state index in [1.54, 1.807) is 0 Å². The quantitative estimate of drug-likeness (QED) is 0.863. The molecule has 8 heteroatoms. The molecule has 112 valence electrons. The maximum Gasteiger partial charge on any atom is 0.252 e. The molecule has 1 unspecified atom stereocenters. The van der Waals surface area contributed by atoms with Crippen LogP contribution >= 0.6 is 23.2 Å². The van der Waals surface area contributed by atoms with Gasteiger partial charge in [-0.25, -0.2) is 13.6 Å². The van der Waals surface area contributed by atoms with Crippen molar-refractivity contribution in [1.29, 1.82) is 0 Å². The first kappa shape index (κ1) is 17.2. The van der Waals surface area contributed by atoms with Crippen LogP contribution in [0.5, 0.6) is 0 Å². The van der Waals surface area contributed by atoms with E-state index in [0.717, 1.165) is 18.6 Å². The summed E-state index contributed by atoms with van der Waals surface area (Å²) in [7, 11) is -3.96. The smallest absolute Gasteiger partial charge is 0.252 e. The Balaban J connectivity index is 3.11. The highest BCUT2D eigenvalue weighted by Gasteiger charge is 2.19. The summed E-state index contributed by atoms with van der Waals surface area (Å²) in [5, 5.41) is 7.67. The van der Waals surface area contributed by atoms with Gasteiger partial charge < -0.3 is 5.32 Å². The SMILES string of the molecule is CCC(C)CNC(=O)c1cc(S(N)(=O)=O)cc(Cl)c1Cl. The molecule has 1 atom stereocenters. The topological polar surface area (TPSA) is 89.3 Å². The molecule has 20 heavy (non-hydrogen) atoms. The summed E-state index contributed by atoms with van der Waals surface area (Å²) >= 11 is 11.8. The molecule has 0 spiro atoms. The van der Waals surface area contributed by atoms with Gasteiger partial charge in [0.05, 0.1) is 20.5 Å². The zero-order chi connectivity index (χ0) is 15.5. The van der Waals surface area contributed by atoms with E-state index in [-0.39, 0.29) is 20.5 Å².